The second-order valence-electron chi connectivity index (χ2n) is 6.91. The molecule has 5 nitrogen and oxygen atoms in total. The van der Waals surface area contributed by atoms with E-state index in [0.29, 0.717) is 17.3 Å². The van der Waals surface area contributed by atoms with Gasteiger partial charge in [-0.1, -0.05) is 41.9 Å². The number of carbonyl (C=O) groups is 2. The Kier molecular flexibility index (Phi) is 5.76. The lowest BCUT2D eigenvalue weighted by atomic mass is 9.99. The van der Waals surface area contributed by atoms with Gasteiger partial charge in [-0.05, 0) is 66.5 Å². The first kappa shape index (κ1) is 21.0. The van der Waals surface area contributed by atoms with Gasteiger partial charge in [0.15, 0.2) is 5.11 Å². The molecule has 0 saturated carbocycles. The molecule has 7 heteroatoms. The van der Waals surface area contributed by atoms with Crippen molar-refractivity contribution in [2.24, 2.45) is 0 Å². The Labute approximate surface area is 190 Å². The van der Waals surface area contributed by atoms with Gasteiger partial charge in [0.2, 0.25) is 0 Å². The molecule has 0 radical (unpaired) electrons. The summed E-state index contributed by atoms with van der Waals surface area (Å²) in [5.74, 6) is -0.164. The molecule has 1 saturated heterocycles. The number of thiocarbonyl (C=S) groups is 1. The Morgan fingerprint density at radius 3 is 2.29 bits per heavy atom. The lowest BCUT2D eigenvalue weighted by Crippen LogP contribution is -2.56. The van der Waals surface area contributed by atoms with Crippen molar-refractivity contribution in [3.63, 3.8) is 0 Å². The Bertz CT molecular complexity index is 1240. The van der Waals surface area contributed by atoms with Crippen LogP contribution >= 0.6 is 23.8 Å². The lowest BCUT2D eigenvalue weighted by molar-refractivity contribution is -0.127. The van der Waals surface area contributed by atoms with E-state index in [1.807, 2.05) is 43.3 Å². The zero-order valence-electron chi connectivity index (χ0n) is 17.0. The second-order valence-corrected chi connectivity index (χ2v) is 7.71. The zero-order chi connectivity index (χ0) is 22.1. The minimum atomic E-state index is -0.470. The van der Waals surface area contributed by atoms with Crippen LogP contribution in [-0.4, -0.2) is 35.5 Å². The van der Waals surface area contributed by atoms with Gasteiger partial charge in [-0.15, -0.1) is 0 Å². The Morgan fingerprint density at radius 2 is 1.65 bits per heavy atom. The molecule has 31 heavy (non-hydrogen) atoms. The van der Waals surface area contributed by atoms with E-state index in [1.54, 1.807) is 37.5 Å². The SMILES string of the molecule is CCN1C(=O)/C(=C\c2ccc(OC)c3ccccc23)C(=O)N(c2ccc(Cl)cc2)C1=S. The first-order valence-electron chi connectivity index (χ1n) is 9.69. The molecule has 156 valence electrons. The van der Waals surface area contributed by atoms with Crippen LogP contribution < -0.4 is 9.64 Å². The summed E-state index contributed by atoms with van der Waals surface area (Å²) >= 11 is 11.5. The maximum absolute atomic E-state index is 13.4. The Morgan fingerprint density at radius 1 is 0.968 bits per heavy atom. The largest absolute Gasteiger partial charge is 0.496 e. The van der Waals surface area contributed by atoms with Crippen LogP contribution in [0.5, 0.6) is 5.75 Å². The molecule has 1 heterocycles. The van der Waals surface area contributed by atoms with E-state index in [4.69, 9.17) is 28.6 Å². The van der Waals surface area contributed by atoms with E-state index in [0.717, 1.165) is 22.1 Å². The maximum Gasteiger partial charge on any atom is 0.270 e. The van der Waals surface area contributed by atoms with Gasteiger partial charge in [-0.3, -0.25) is 19.4 Å². The highest BCUT2D eigenvalue weighted by molar-refractivity contribution is 7.80. The number of benzene rings is 3. The molecule has 4 rings (SSSR count). The summed E-state index contributed by atoms with van der Waals surface area (Å²) in [6.07, 6.45) is 1.62. The van der Waals surface area contributed by atoms with Crippen LogP contribution in [0.2, 0.25) is 5.02 Å². The van der Waals surface area contributed by atoms with Crippen molar-refractivity contribution >= 4 is 63.3 Å². The van der Waals surface area contributed by atoms with Crippen LogP contribution in [0.25, 0.3) is 16.8 Å². The molecule has 0 atom stereocenters. The Hall–Kier alpha value is -3.22. The molecular weight excluding hydrogens is 432 g/mol. The number of methoxy groups -OCH3 is 1. The third kappa shape index (κ3) is 3.69. The predicted molar refractivity (Wildman–Crippen MR) is 127 cm³/mol. The number of anilines is 1. The van der Waals surface area contributed by atoms with E-state index in [9.17, 15) is 9.59 Å². The number of nitrogens with zero attached hydrogens (tertiary/aromatic N) is 2. The summed E-state index contributed by atoms with van der Waals surface area (Å²) < 4.78 is 5.45. The highest BCUT2D eigenvalue weighted by Crippen LogP contribution is 2.32. The molecule has 0 aliphatic carbocycles. The van der Waals surface area contributed by atoms with E-state index in [1.165, 1.54) is 9.80 Å². The van der Waals surface area contributed by atoms with E-state index in [-0.39, 0.29) is 10.7 Å². The molecule has 1 aliphatic heterocycles. The van der Waals surface area contributed by atoms with Gasteiger partial charge in [0.1, 0.15) is 11.3 Å². The average Bonchev–Trinajstić information content (AvgIpc) is 2.78. The normalized spacial score (nSPS) is 15.8. The average molecular weight is 451 g/mol. The van der Waals surface area contributed by atoms with Gasteiger partial charge >= 0.3 is 0 Å². The number of amides is 2. The lowest BCUT2D eigenvalue weighted by Gasteiger charge is -2.36. The quantitative estimate of drug-likeness (QED) is 0.316. The summed E-state index contributed by atoms with van der Waals surface area (Å²) in [6, 6.07) is 18.1. The van der Waals surface area contributed by atoms with Crippen LogP contribution in [0.3, 0.4) is 0 Å². The molecule has 0 spiro atoms. The van der Waals surface area contributed by atoms with Gasteiger partial charge in [-0.25, -0.2) is 0 Å². The number of rotatable bonds is 4. The predicted octanol–water partition coefficient (Wildman–Crippen LogP) is 5.07. The standard InChI is InChI=1S/C24H19ClN2O3S/c1-3-26-22(28)20(23(29)27(24(26)31)17-11-9-16(25)10-12-17)14-15-8-13-21(30-2)19-7-5-4-6-18(15)19/h4-14H,3H2,1-2H3/b20-14+. The molecule has 0 unspecified atom stereocenters. The third-order valence-corrected chi connectivity index (χ3v) is 5.82. The van der Waals surface area contributed by atoms with Gasteiger partial charge < -0.3 is 4.74 Å². The molecule has 3 aromatic carbocycles. The number of halogens is 1. The van der Waals surface area contributed by atoms with Crippen molar-refractivity contribution in [1.29, 1.82) is 0 Å². The van der Waals surface area contributed by atoms with E-state index >= 15 is 0 Å². The molecule has 0 aromatic heterocycles. The number of ether oxygens (including phenoxy) is 1. The molecule has 3 aromatic rings. The van der Waals surface area contributed by atoms with Crippen molar-refractivity contribution in [3.8, 4) is 5.75 Å². The van der Waals surface area contributed by atoms with Crippen LogP contribution in [0.15, 0.2) is 66.2 Å². The fourth-order valence-electron chi connectivity index (χ4n) is 3.63. The Balaban J connectivity index is 1.87. The summed E-state index contributed by atoms with van der Waals surface area (Å²) in [4.78, 5) is 29.4. The maximum atomic E-state index is 13.4. The molecule has 2 amide bonds. The number of carbonyl (C=O) groups excluding carboxylic acids is 2. The molecule has 0 N–H and O–H groups in total. The minimum Gasteiger partial charge on any atom is -0.496 e. The number of hydrogen-bond donors (Lipinski definition) is 0. The van der Waals surface area contributed by atoms with Gasteiger partial charge in [-0.2, -0.15) is 0 Å². The molecule has 1 fully saturated rings. The summed E-state index contributed by atoms with van der Waals surface area (Å²) in [7, 11) is 1.61. The van der Waals surface area contributed by atoms with Crippen LogP contribution in [0.1, 0.15) is 12.5 Å². The van der Waals surface area contributed by atoms with Crippen LogP contribution in [0.4, 0.5) is 5.69 Å². The van der Waals surface area contributed by atoms with Crippen molar-refractivity contribution < 1.29 is 14.3 Å². The van der Waals surface area contributed by atoms with Crippen molar-refractivity contribution in [2.45, 2.75) is 6.92 Å². The summed E-state index contributed by atoms with van der Waals surface area (Å²) in [5.41, 5.74) is 1.34. The van der Waals surface area contributed by atoms with E-state index < -0.39 is 11.8 Å². The van der Waals surface area contributed by atoms with E-state index in [2.05, 4.69) is 0 Å². The summed E-state index contributed by atoms with van der Waals surface area (Å²) in [5, 5.41) is 2.47. The highest BCUT2D eigenvalue weighted by atomic mass is 35.5. The highest BCUT2D eigenvalue weighted by Gasteiger charge is 2.39. The monoisotopic (exact) mass is 450 g/mol. The van der Waals surface area contributed by atoms with Gasteiger partial charge in [0.05, 0.1) is 12.8 Å². The van der Waals surface area contributed by atoms with Crippen molar-refractivity contribution in [3.05, 3.63) is 76.8 Å². The fraction of sp³-hybridized carbons (Fsp3) is 0.125. The minimum absolute atomic E-state index is 0.0423. The van der Waals surface area contributed by atoms with Crippen molar-refractivity contribution in [2.75, 3.05) is 18.6 Å². The number of likely N-dealkylation sites (N-methyl/N-ethyl adjacent to an activating group) is 1. The first-order chi connectivity index (χ1) is 15.0. The fourth-order valence-corrected chi connectivity index (χ4v) is 4.15. The molecular formula is C24H19ClN2O3S. The zero-order valence-corrected chi connectivity index (χ0v) is 18.5. The van der Waals surface area contributed by atoms with Crippen LogP contribution in [0, 0.1) is 0 Å². The van der Waals surface area contributed by atoms with Crippen LogP contribution in [-0.2, 0) is 9.59 Å². The topological polar surface area (TPSA) is 49.9 Å². The van der Waals surface area contributed by atoms with Gasteiger partial charge in [0.25, 0.3) is 11.8 Å². The molecule has 0 bridgehead atoms. The van der Waals surface area contributed by atoms with Crippen molar-refractivity contribution in [1.82, 2.24) is 4.90 Å². The number of hydrogen-bond acceptors (Lipinski definition) is 4. The first-order valence-corrected chi connectivity index (χ1v) is 10.5. The smallest absolute Gasteiger partial charge is 0.270 e. The summed E-state index contributed by atoms with van der Waals surface area (Å²) in [6.45, 7) is 2.16. The number of fused-ring (bicyclic) bond motifs is 1. The second kappa shape index (κ2) is 8.49. The third-order valence-electron chi connectivity index (χ3n) is 5.17. The van der Waals surface area contributed by atoms with Gasteiger partial charge in [0, 0.05) is 17.0 Å². The molecule has 1 aliphatic rings.